The number of aryl methyl sites for hydroxylation is 1. The average molecular weight is 350 g/mol. The lowest BCUT2D eigenvalue weighted by atomic mass is 10.1. The van der Waals surface area contributed by atoms with Crippen molar-refractivity contribution in [2.24, 2.45) is 4.99 Å². The Hall–Kier alpha value is -3.54. The van der Waals surface area contributed by atoms with Gasteiger partial charge in [-0.3, -0.25) is 9.79 Å². The zero-order chi connectivity index (χ0) is 18.5. The molecule has 0 aliphatic carbocycles. The van der Waals surface area contributed by atoms with E-state index in [1.807, 2.05) is 13.0 Å². The Morgan fingerprint density at radius 2 is 2.08 bits per heavy atom. The molecule has 2 N–H and O–H groups in total. The Kier molecular flexibility index (Phi) is 5.03. The van der Waals surface area contributed by atoms with Crippen LogP contribution in [0.1, 0.15) is 21.7 Å². The third kappa shape index (κ3) is 3.75. The number of methoxy groups -OCH3 is 1. The van der Waals surface area contributed by atoms with Gasteiger partial charge in [0, 0.05) is 17.5 Å². The fourth-order valence-corrected chi connectivity index (χ4v) is 2.41. The first-order valence-electron chi connectivity index (χ1n) is 7.94. The summed E-state index contributed by atoms with van der Waals surface area (Å²) in [6, 6.07) is 13.8. The van der Waals surface area contributed by atoms with Gasteiger partial charge in [0.1, 0.15) is 0 Å². The zero-order valence-corrected chi connectivity index (χ0v) is 14.4. The molecule has 0 atom stereocenters. The van der Waals surface area contributed by atoms with E-state index in [9.17, 15) is 9.90 Å². The van der Waals surface area contributed by atoms with Crippen molar-refractivity contribution in [1.82, 2.24) is 0 Å². The molecule has 0 spiro atoms. The number of phenols is 1. The topological polar surface area (TPSA) is 84.1 Å². The van der Waals surface area contributed by atoms with Gasteiger partial charge in [-0.25, -0.2) is 0 Å². The molecule has 1 aromatic heterocycles. The van der Waals surface area contributed by atoms with Crippen molar-refractivity contribution in [2.45, 2.75) is 6.92 Å². The minimum atomic E-state index is -0.310. The minimum Gasteiger partial charge on any atom is -0.504 e. The highest BCUT2D eigenvalue weighted by Crippen LogP contribution is 2.29. The zero-order valence-electron chi connectivity index (χ0n) is 14.4. The molecule has 2 aromatic carbocycles. The summed E-state index contributed by atoms with van der Waals surface area (Å²) in [5.74, 6) is 0.370. The van der Waals surface area contributed by atoms with Gasteiger partial charge in [0.25, 0.3) is 5.91 Å². The molecule has 0 saturated heterocycles. The Bertz CT molecular complexity index is 946. The molecule has 0 unspecified atom stereocenters. The molecule has 0 aliphatic heterocycles. The number of nitrogens with zero attached hydrogens (tertiary/aromatic N) is 1. The van der Waals surface area contributed by atoms with Crippen LogP contribution in [0.2, 0.25) is 0 Å². The molecule has 0 radical (unpaired) electrons. The number of aromatic hydroxyl groups is 1. The van der Waals surface area contributed by atoms with Gasteiger partial charge in [-0.05, 0) is 55.0 Å². The molecule has 0 bridgehead atoms. The lowest BCUT2D eigenvalue weighted by molar-refractivity contribution is 0.0996. The molecule has 0 aliphatic rings. The third-order valence-electron chi connectivity index (χ3n) is 3.81. The third-order valence-corrected chi connectivity index (χ3v) is 3.81. The van der Waals surface area contributed by atoms with Crippen molar-refractivity contribution in [2.75, 3.05) is 12.4 Å². The first-order chi connectivity index (χ1) is 12.6. The Labute approximate surface area is 150 Å². The normalized spacial score (nSPS) is 10.8. The van der Waals surface area contributed by atoms with Crippen LogP contribution in [0.3, 0.4) is 0 Å². The van der Waals surface area contributed by atoms with Gasteiger partial charge in [-0.2, -0.15) is 0 Å². The molecule has 26 heavy (non-hydrogen) atoms. The summed E-state index contributed by atoms with van der Waals surface area (Å²) < 4.78 is 10.2. The highest BCUT2D eigenvalue weighted by molar-refractivity contribution is 6.02. The van der Waals surface area contributed by atoms with Crippen LogP contribution in [-0.2, 0) is 0 Å². The van der Waals surface area contributed by atoms with Gasteiger partial charge >= 0.3 is 0 Å². The number of phenolic OH excluding ortho intramolecular Hbond substituents is 1. The van der Waals surface area contributed by atoms with Crippen molar-refractivity contribution < 1.29 is 19.1 Å². The number of amides is 1. The number of nitrogens with one attached hydrogen (secondary N) is 1. The lowest BCUT2D eigenvalue weighted by Crippen LogP contribution is -2.11. The number of hydrogen-bond donors (Lipinski definition) is 2. The van der Waals surface area contributed by atoms with Crippen LogP contribution in [-0.4, -0.2) is 24.3 Å². The average Bonchev–Trinajstić information content (AvgIpc) is 3.18. The number of rotatable bonds is 5. The first-order valence-corrected chi connectivity index (χ1v) is 7.94. The molecular formula is C20H18N2O4. The molecule has 6 nitrogen and oxygen atoms in total. The fourth-order valence-electron chi connectivity index (χ4n) is 2.41. The number of aliphatic imine (C=N–C) groups is 1. The Morgan fingerprint density at radius 1 is 1.23 bits per heavy atom. The molecule has 6 heteroatoms. The van der Waals surface area contributed by atoms with E-state index in [0.29, 0.717) is 22.7 Å². The maximum absolute atomic E-state index is 12.0. The van der Waals surface area contributed by atoms with E-state index in [0.717, 1.165) is 5.56 Å². The molecule has 0 saturated carbocycles. The van der Waals surface area contributed by atoms with Gasteiger partial charge in [-0.1, -0.05) is 6.07 Å². The SMILES string of the molecule is COc1cccc(C=Nc2ccc(NC(=O)c3ccco3)c(C)c2)c1O. The number of furan rings is 1. The van der Waals surface area contributed by atoms with E-state index in [1.165, 1.54) is 13.4 Å². The van der Waals surface area contributed by atoms with Crippen molar-refractivity contribution in [3.05, 3.63) is 71.7 Å². The van der Waals surface area contributed by atoms with Gasteiger partial charge in [0.2, 0.25) is 0 Å². The van der Waals surface area contributed by atoms with Gasteiger partial charge in [0.15, 0.2) is 17.3 Å². The van der Waals surface area contributed by atoms with Crippen LogP contribution >= 0.6 is 0 Å². The standard InChI is InChI=1S/C20H18N2O4/c1-13-11-15(21-12-14-5-3-6-17(25-2)19(14)23)8-9-16(13)22-20(24)18-7-4-10-26-18/h3-12,23H,1-2H3,(H,22,24). The summed E-state index contributed by atoms with van der Waals surface area (Å²) in [5.41, 5.74) is 2.78. The number of anilines is 1. The van der Waals surface area contributed by atoms with Crippen molar-refractivity contribution >= 4 is 23.5 Å². The summed E-state index contributed by atoms with van der Waals surface area (Å²) in [6.45, 7) is 1.87. The highest BCUT2D eigenvalue weighted by atomic mass is 16.5. The summed E-state index contributed by atoms with van der Waals surface area (Å²) in [7, 11) is 1.50. The van der Waals surface area contributed by atoms with Crippen molar-refractivity contribution in [3.63, 3.8) is 0 Å². The Morgan fingerprint density at radius 3 is 2.77 bits per heavy atom. The first kappa shape index (κ1) is 17.3. The predicted molar refractivity (Wildman–Crippen MR) is 99.8 cm³/mol. The van der Waals surface area contributed by atoms with Gasteiger partial charge in [-0.15, -0.1) is 0 Å². The van der Waals surface area contributed by atoms with E-state index in [-0.39, 0.29) is 17.4 Å². The van der Waals surface area contributed by atoms with E-state index in [2.05, 4.69) is 10.3 Å². The quantitative estimate of drug-likeness (QED) is 0.672. The molecular weight excluding hydrogens is 332 g/mol. The number of carbonyl (C=O) groups is 1. The number of benzene rings is 2. The van der Waals surface area contributed by atoms with E-state index in [1.54, 1.807) is 48.7 Å². The van der Waals surface area contributed by atoms with Crippen molar-refractivity contribution in [3.8, 4) is 11.5 Å². The Balaban J connectivity index is 1.76. The number of carbonyl (C=O) groups excluding carboxylic acids is 1. The number of hydrogen-bond acceptors (Lipinski definition) is 5. The smallest absolute Gasteiger partial charge is 0.291 e. The second-order valence-corrected chi connectivity index (χ2v) is 5.59. The minimum absolute atomic E-state index is 0.0396. The van der Waals surface area contributed by atoms with E-state index in [4.69, 9.17) is 9.15 Å². The van der Waals surface area contributed by atoms with Crippen LogP contribution in [0.5, 0.6) is 11.5 Å². The summed E-state index contributed by atoms with van der Waals surface area (Å²) in [6.07, 6.45) is 3.02. The molecule has 3 rings (SSSR count). The molecule has 1 heterocycles. The molecule has 3 aromatic rings. The second kappa shape index (κ2) is 7.57. The van der Waals surface area contributed by atoms with Crippen LogP contribution in [0.25, 0.3) is 0 Å². The fraction of sp³-hybridized carbons (Fsp3) is 0.100. The summed E-state index contributed by atoms with van der Waals surface area (Å²) >= 11 is 0. The summed E-state index contributed by atoms with van der Waals surface area (Å²) in [5, 5.41) is 12.9. The largest absolute Gasteiger partial charge is 0.504 e. The summed E-state index contributed by atoms with van der Waals surface area (Å²) in [4.78, 5) is 16.4. The van der Waals surface area contributed by atoms with Crippen LogP contribution in [0, 0.1) is 6.92 Å². The maximum atomic E-state index is 12.0. The van der Waals surface area contributed by atoms with Crippen LogP contribution < -0.4 is 10.1 Å². The molecule has 0 fully saturated rings. The number of ether oxygens (including phenoxy) is 1. The lowest BCUT2D eigenvalue weighted by Gasteiger charge is -2.08. The van der Waals surface area contributed by atoms with Crippen LogP contribution in [0.15, 0.2) is 64.2 Å². The molecule has 1 amide bonds. The monoisotopic (exact) mass is 350 g/mol. The molecule has 132 valence electrons. The predicted octanol–water partition coefficient (Wildman–Crippen LogP) is 4.31. The maximum Gasteiger partial charge on any atom is 0.291 e. The van der Waals surface area contributed by atoms with Gasteiger partial charge in [0.05, 0.1) is 19.1 Å². The van der Waals surface area contributed by atoms with E-state index >= 15 is 0 Å². The highest BCUT2D eigenvalue weighted by Gasteiger charge is 2.10. The number of para-hydroxylation sites is 1. The van der Waals surface area contributed by atoms with Crippen LogP contribution in [0.4, 0.5) is 11.4 Å². The second-order valence-electron chi connectivity index (χ2n) is 5.59. The van der Waals surface area contributed by atoms with Gasteiger partial charge < -0.3 is 19.6 Å². The van der Waals surface area contributed by atoms with Crippen molar-refractivity contribution in [1.29, 1.82) is 0 Å². The van der Waals surface area contributed by atoms with E-state index < -0.39 is 0 Å².